The summed E-state index contributed by atoms with van der Waals surface area (Å²) < 4.78 is 4.63. The number of ether oxygens (including phenoxy) is 1. The van der Waals surface area contributed by atoms with Gasteiger partial charge >= 0.3 is 6.09 Å². The summed E-state index contributed by atoms with van der Waals surface area (Å²) in [6.07, 6.45) is 8.82. The molecule has 15 heavy (non-hydrogen) atoms. The van der Waals surface area contributed by atoms with Crippen molar-refractivity contribution < 1.29 is 9.53 Å². The van der Waals surface area contributed by atoms with Crippen molar-refractivity contribution in [2.45, 2.75) is 51.4 Å². The van der Waals surface area contributed by atoms with E-state index in [2.05, 4.69) is 4.74 Å². The predicted molar refractivity (Wildman–Crippen MR) is 61.5 cm³/mol. The minimum Gasteiger partial charge on any atom is -0.450 e. The van der Waals surface area contributed by atoms with Crippen molar-refractivity contribution in [1.82, 2.24) is 0 Å². The molecular formula is C11H24N2O2. The van der Waals surface area contributed by atoms with Gasteiger partial charge in [0.25, 0.3) is 0 Å². The van der Waals surface area contributed by atoms with Crippen LogP contribution in [-0.4, -0.2) is 19.2 Å². The first kappa shape index (κ1) is 14.2. The fourth-order valence-electron chi connectivity index (χ4n) is 1.48. The van der Waals surface area contributed by atoms with Gasteiger partial charge < -0.3 is 16.2 Å². The average Bonchev–Trinajstić information content (AvgIpc) is 2.20. The largest absolute Gasteiger partial charge is 0.450 e. The van der Waals surface area contributed by atoms with E-state index in [-0.39, 0.29) is 0 Å². The van der Waals surface area contributed by atoms with E-state index in [0.717, 1.165) is 25.8 Å². The highest BCUT2D eigenvalue weighted by Gasteiger charge is 1.94. The Morgan fingerprint density at radius 2 is 1.33 bits per heavy atom. The van der Waals surface area contributed by atoms with Crippen molar-refractivity contribution in [2.75, 3.05) is 13.2 Å². The number of primary amides is 1. The molecule has 4 N–H and O–H groups in total. The minimum absolute atomic E-state index is 0.461. The Bertz CT molecular complexity index is 152. The maximum Gasteiger partial charge on any atom is 0.404 e. The average molecular weight is 216 g/mol. The van der Waals surface area contributed by atoms with E-state index in [1.54, 1.807) is 0 Å². The van der Waals surface area contributed by atoms with Crippen LogP contribution in [0, 0.1) is 0 Å². The lowest BCUT2D eigenvalue weighted by Crippen LogP contribution is -2.13. The number of unbranched alkanes of at least 4 members (excludes halogenated alkanes) is 7. The molecule has 4 nitrogen and oxygen atoms in total. The molecule has 0 saturated heterocycles. The Morgan fingerprint density at radius 1 is 0.867 bits per heavy atom. The Kier molecular flexibility index (Phi) is 10.7. The molecule has 0 aliphatic rings. The van der Waals surface area contributed by atoms with E-state index >= 15 is 0 Å². The molecule has 1 amide bonds. The number of rotatable bonds is 10. The zero-order valence-corrected chi connectivity index (χ0v) is 9.54. The van der Waals surface area contributed by atoms with Crippen LogP contribution < -0.4 is 11.5 Å². The topological polar surface area (TPSA) is 78.3 Å². The van der Waals surface area contributed by atoms with Gasteiger partial charge in [-0.05, 0) is 19.4 Å². The van der Waals surface area contributed by atoms with Gasteiger partial charge in [0.15, 0.2) is 0 Å². The van der Waals surface area contributed by atoms with Gasteiger partial charge in [-0.1, -0.05) is 38.5 Å². The van der Waals surface area contributed by atoms with Gasteiger partial charge in [0.2, 0.25) is 0 Å². The monoisotopic (exact) mass is 216 g/mol. The number of carbonyl (C=O) groups excluding carboxylic acids is 1. The molecular weight excluding hydrogens is 192 g/mol. The van der Waals surface area contributed by atoms with Gasteiger partial charge in [-0.15, -0.1) is 0 Å². The summed E-state index contributed by atoms with van der Waals surface area (Å²) in [5.74, 6) is 0. The molecule has 0 radical (unpaired) electrons. The number of amides is 1. The SMILES string of the molecule is NCCCCCCCCCCOC(N)=O. The molecule has 0 heterocycles. The third kappa shape index (κ3) is 13.2. The van der Waals surface area contributed by atoms with Gasteiger partial charge in [0.1, 0.15) is 0 Å². The number of hydrogen-bond donors (Lipinski definition) is 2. The van der Waals surface area contributed by atoms with Crippen LogP contribution in [0.5, 0.6) is 0 Å². The third-order valence-corrected chi connectivity index (χ3v) is 2.34. The lowest BCUT2D eigenvalue weighted by Gasteiger charge is -2.02. The summed E-state index contributed by atoms with van der Waals surface area (Å²) in [5, 5.41) is 0. The summed E-state index contributed by atoms with van der Waals surface area (Å²) in [6, 6.07) is 0. The Morgan fingerprint density at radius 3 is 1.80 bits per heavy atom. The molecule has 0 fully saturated rings. The molecule has 0 aromatic heterocycles. The van der Waals surface area contributed by atoms with Crippen LogP contribution in [-0.2, 0) is 4.74 Å². The zero-order valence-electron chi connectivity index (χ0n) is 9.54. The van der Waals surface area contributed by atoms with Crippen molar-refractivity contribution in [3.05, 3.63) is 0 Å². The second-order valence-corrected chi connectivity index (χ2v) is 3.78. The normalized spacial score (nSPS) is 10.2. The lowest BCUT2D eigenvalue weighted by atomic mass is 10.1. The number of nitrogens with two attached hydrogens (primary N) is 2. The van der Waals surface area contributed by atoms with Crippen molar-refractivity contribution in [1.29, 1.82) is 0 Å². The smallest absolute Gasteiger partial charge is 0.404 e. The molecule has 0 aliphatic heterocycles. The fourth-order valence-corrected chi connectivity index (χ4v) is 1.48. The van der Waals surface area contributed by atoms with Crippen LogP contribution in [0.15, 0.2) is 0 Å². The summed E-state index contributed by atoms with van der Waals surface area (Å²) in [4.78, 5) is 10.2. The van der Waals surface area contributed by atoms with Gasteiger partial charge in [0, 0.05) is 0 Å². The number of hydrogen-bond acceptors (Lipinski definition) is 3. The fraction of sp³-hybridized carbons (Fsp3) is 0.909. The van der Waals surface area contributed by atoms with E-state index in [0.29, 0.717) is 6.61 Å². The van der Waals surface area contributed by atoms with Gasteiger partial charge in [0.05, 0.1) is 6.61 Å². The number of carbonyl (C=O) groups is 1. The molecule has 90 valence electrons. The third-order valence-electron chi connectivity index (χ3n) is 2.34. The molecule has 4 heteroatoms. The first-order valence-corrected chi connectivity index (χ1v) is 5.89. The molecule has 0 rings (SSSR count). The Balaban J connectivity index is 2.89. The quantitative estimate of drug-likeness (QED) is 0.549. The van der Waals surface area contributed by atoms with E-state index < -0.39 is 6.09 Å². The molecule has 0 unspecified atom stereocenters. The van der Waals surface area contributed by atoms with Crippen molar-refractivity contribution in [3.8, 4) is 0 Å². The molecule has 0 bridgehead atoms. The van der Waals surface area contributed by atoms with Gasteiger partial charge in [-0.25, -0.2) is 4.79 Å². The van der Waals surface area contributed by atoms with Gasteiger partial charge in [-0.2, -0.15) is 0 Å². The molecule has 0 aliphatic carbocycles. The summed E-state index contributed by atoms with van der Waals surface area (Å²) in [5.41, 5.74) is 10.2. The van der Waals surface area contributed by atoms with Crippen LogP contribution in [0.1, 0.15) is 51.4 Å². The summed E-state index contributed by atoms with van der Waals surface area (Å²) >= 11 is 0. The molecule has 0 atom stereocenters. The van der Waals surface area contributed by atoms with Crippen molar-refractivity contribution >= 4 is 6.09 Å². The van der Waals surface area contributed by atoms with E-state index in [1.165, 1.54) is 32.1 Å². The first-order valence-electron chi connectivity index (χ1n) is 5.89. The Labute approximate surface area is 92.3 Å². The maximum absolute atomic E-state index is 10.2. The zero-order chi connectivity index (χ0) is 11.4. The van der Waals surface area contributed by atoms with Crippen LogP contribution in [0.25, 0.3) is 0 Å². The standard InChI is InChI=1S/C11H24N2O2/c12-9-7-5-3-1-2-4-6-8-10-15-11(13)14/h1-10,12H2,(H2,13,14). The maximum atomic E-state index is 10.2. The van der Waals surface area contributed by atoms with E-state index in [9.17, 15) is 4.79 Å². The van der Waals surface area contributed by atoms with Crippen LogP contribution in [0.3, 0.4) is 0 Å². The van der Waals surface area contributed by atoms with Crippen LogP contribution in [0.4, 0.5) is 4.79 Å². The lowest BCUT2D eigenvalue weighted by molar-refractivity contribution is 0.154. The highest BCUT2D eigenvalue weighted by molar-refractivity contribution is 5.64. The minimum atomic E-state index is -0.670. The molecule has 0 saturated carbocycles. The molecule has 0 aromatic carbocycles. The highest BCUT2D eigenvalue weighted by Crippen LogP contribution is 2.08. The van der Waals surface area contributed by atoms with Crippen molar-refractivity contribution in [2.24, 2.45) is 11.5 Å². The Hall–Kier alpha value is -0.770. The van der Waals surface area contributed by atoms with E-state index in [1.807, 2.05) is 0 Å². The second-order valence-electron chi connectivity index (χ2n) is 3.78. The van der Waals surface area contributed by atoms with Crippen LogP contribution in [0.2, 0.25) is 0 Å². The molecule has 0 spiro atoms. The van der Waals surface area contributed by atoms with Crippen molar-refractivity contribution in [3.63, 3.8) is 0 Å². The van der Waals surface area contributed by atoms with Crippen LogP contribution >= 0.6 is 0 Å². The summed E-state index contributed by atoms with van der Waals surface area (Å²) in [7, 11) is 0. The summed E-state index contributed by atoms with van der Waals surface area (Å²) in [6.45, 7) is 1.27. The van der Waals surface area contributed by atoms with Gasteiger partial charge in [-0.3, -0.25) is 0 Å². The van der Waals surface area contributed by atoms with E-state index in [4.69, 9.17) is 11.5 Å². The second kappa shape index (κ2) is 11.3. The first-order chi connectivity index (χ1) is 7.27. The molecule has 0 aromatic rings. The predicted octanol–water partition coefficient (Wildman–Crippen LogP) is 2.16. The highest BCUT2D eigenvalue weighted by atomic mass is 16.5.